The third-order valence-corrected chi connectivity index (χ3v) is 7.08. The fourth-order valence-corrected chi connectivity index (χ4v) is 5.63. The molecule has 4 rings (SSSR count). The highest BCUT2D eigenvalue weighted by molar-refractivity contribution is 8.00. The number of carbonyl (C=O) groups excluding carboxylic acids is 1. The van der Waals surface area contributed by atoms with Crippen LogP contribution in [0.25, 0.3) is 10.1 Å². The molecule has 4 N–H and O–H groups in total. The Kier molecular flexibility index (Phi) is 6.64. The Bertz CT molecular complexity index is 1020. The number of primary amides is 1. The number of benzene rings is 1. The molecular formula is C17H18FN5O4S2. The van der Waals surface area contributed by atoms with E-state index in [4.69, 9.17) is 10.5 Å². The molecule has 2 aromatic heterocycles. The summed E-state index contributed by atoms with van der Waals surface area (Å²) in [5.41, 5.74) is 4.75. The van der Waals surface area contributed by atoms with Crippen molar-refractivity contribution in [1.29, 1.82) is 0 Å². The predicted molar refractivity (Wildman–Crippen MR) is 106 cm³/mol. The maximum atomic E-state index is 14.3. The van der Waals surface area contributed by atoms with Gasteiger partial charge in [-0.1, -0.05) is 12.8 Å². The third kappa shape index (κ3) is 4.65. The van der Waals surface area contributed by atoms with E-state index in [2.05, 4.69) is 20.6 Å². The first-order valence-corrected chi connectivity index (χ1v) is 10.3. The molecule has 154 valence electrons. The lowest BCUT2D eigenvalue weighted by molar-refractivity contribution is 0.0698. The van der Waals surface area contributed by atoms with Crippen molar-refractivity contribution >= 4 is 45.1 Å². The van der Waals surface area contributed by atoms with Crippen molar-refractivity contribution < 1.29 is 23.8 Å². The number of nitrogens with one attached hydrogen (secondary N) is 1. The van der Waals surface area contributed by atoms with Crippen molar-refractivity contribution in [2.45, 2.75) is 35.8 Å². The number of nitrogens with zero attached hydrogens (tertiary/aromatic N) is 3. The first kappa shape index (κ1) is 21.0. The van der Waals surface area contributed by atoms with E-state index in [1.54, 1.807) is 23.9 Å². The van der Waals surface area contributed by atoms with Gasteiger partial charge < -0.3 is 15.6 Å². The van der Waals surface area contributed by atoms with Crippen LogP contribution in [0.3, 0.4) is 0 Å². The largest absolute Gasteiger partial charge is 0.494 e. The molecule has 0 radical (unpaired) electrons. The summed E-state index contributed by atoms with van der Waals surface area (Å²) in [6.07, 6.45) is 4.56. The molecule has 1 aromatic carbocycles. The van der Waals surface area contributed by atoms with Crippen LogP contribution in [0.2, 0.25) is 0 Å². The van der Waals surface area contributed by atoms with Gasteiger partial charge in [-0.25, -0.2) is 14.3 Å². The number of H-pyrrole nitrogens is 1. The third-order valence-electron chi connectivity index (χ3n) is 4.30. The minimum Gasteiger partial charge on any atom is -0.494 e. The summed E-state index contributed by atoms with van der Waals surface area (Å²) in [6, 6.07) is 3.33. The maximum absolute atomic E-state index is 14.3. The molecule has 1 aliphatic carbocycles. The predicted octanol–water partition coefficient (Wildman–Crippen LogP) is 3.08. The van der Waals surface area contributed by atoms with Crippen molar-refractivity contribution in [2.75, 3.05) is 7.11 Å². The van der Waals surface area contributed by atoms with Gasteiger partial charge in [0.05, 0.1) is 11.8 Å². The van der Waals surface area contributed by atoms with Crippen LogP contribution in [0.1, 0.15) is 46.0 Å². The number of carbonyl (C=O) groups is 2. The number of aromatic nitrogens is 4. The second-order valence-corrected chi connectivity index (χ2v) is 8.49. The van der Waals surface area contributed by atoms with Gasteiger partial charge >= 0.3 is 5.97 Å². The SMILES string of the molecule is COc1ccc2c(SC3CCCC3)c(C(=O)O)sc2c1F.NC(=O)c1nnn[nH]1. The van der Waals surface area contributed by atoms with Gasteiger partial charge in [0.2, 0.25) is 5.82 Å². The number of tetrazole rings is 1. The average molecular weight is 439 g/mol. The number of nitrogens with two attached hydrogens (primary N) is 1. The van der Waals surface area contributed by atoms with E-state index >= 15 is 0 Å². The van der Waals surface area contributed by atoms with Crippen LogP contribution in [0.4, 0.5) is 4.39 Å². The number of rotatable bonds is 5. The van der Waals surface area contributed by atoms with Gasteiger partial charge in [0, 0.05) is 15.5 Å². The molecule has 1 saturated carbocycles. The highest BCUT2D eigenvalue weighted by Crippen LogP contribution is 2.45. The molecule has 0 saturated heterocycles. The first-order valence-electron chi connectivity index (χ1n) is 8.64. The normalized spacial score (nSPS) is 13.9. The molecule has 29 heavy (non-hydrogen) atoms. The van der Waals surface area contributed by atoms with Gasteiger partial charge in [0.1, 0.15) is 4.88 Å². The van der Waals surface area contributed by atoms with Crippen molar-refractivity contribution in [3.8, 4) is 5.75 Å². The number of fused-ring (bicyclic) bond motifs is 1. The zero-order valence-electron chi connectivity index (χ0n) is 15.3. The number of carboxylic acids is 1. The monoisotopic (exact) mass is 439 g/mol. The van der Waals surface area contributed by atoms with Crippen LogP contribution in [0.5, 0.6) is 5.75 Å². The van der Waals surface area contributed by atoms with Crippen molar-refractivity contribution in [2.24, 2.45) is 5.73 Å². The van der Waals surface area contributed by atoms with Gasteiger partial charge in [0.25, 0.3) is 5.91 Å². The van der Waals surface area contributed by atoms with E-state index in [1.807, 2.05) is 0 Å². The standard InChI is InChI=1S/C15H15FO3S2.C2H3N5O/c1-19-10-7-6-9-12(11(10)16)21-14(15(17)18)13(9)20-8-4-2-3-5-8;3-1(8)2-4-6-7-5-2/h6-8H,2-5H2,1H3,(H,17,18);(H2,3,8)(H,4,5,6,7). The zero-order chi connectivity index (χ0) is 21.0. The summed E-state index contributed by atoms with van der Waals surface area (Å²) in [6.45, 7) is 0. The van der Waals surface area contributed by atoms with E-state index in [0.717, 1.165) is 24.2 Å². The van der Waals surface area contributed by atoms with Crippen LogP contribution in [-0.4, -0.2) is 50.0 Å². The van der Waals surface area contributed by atoms with Crippen LogP contribution < -0.4 is 10.5 Å². The number of methoxy groups -OCH3 is 1. The molecule has 9 nitrogen and oxygen atoms in total. The number of carboxylic acid groups (broad SMARTS) is 1. The molecule has 12 heteroatoms. The molecular weight excluding hydrogens is 421 g/mol. The molecule has 0 atom stereocenters. The van der Waals surface area contributed by atoms with E-state index < -0.39 is 17.7 Å². The van der Waals surface area contributed by atoms with Crippen LogP contribution in [0, 0.1) is 5.82 Å². The fraction of sp³-hybridized carbons (Fsp3) is 0.353. The molecule has 0 aliphatic heterocycles. The lowest BCUT2D eigenvalue weighted by Gasteiger charge is -2.09. The number of thiophene rings is 1. The van der Waals surface area contributed by atoms with E-state index in [9.17, 15) is 19.1 Å². The second kappa shape index (κ2) is 9.18. The number of aromatic amines is 1. The van der Waals surface area contributed by atoms with Crippen LogP contribution in [0.15, 0.2) is 17.0 Å². The lowest BCUT2D eigenvalue weighted by atomic mass is 10.2. The number of aromatic carboxylic acids is 1. The molecule has 3 aromatic rings. The molecule has 2 heterocycles. The minimum atomic E-state index is -0.991. The van der Waals surface area contributed by atoms with Gasteiger partial charge in [0.15, 0.2) is 11.6 Å². The molecule has 1 fully saturated rings. The quantitative estimate of drug-likeness (QED) is 0.550. The Labute approximate surface area is 172 Å². The maximum Gasteiger partial charge on any atom is 0.347 e. The molecule has 0 unspecified atom stereocenters. The average Bonchev–Trinajstić information content (AvgIpc) is 3.45. The molecule has 1 aliphatic rings. The number of amides is 1. The van der Waals surface area contributed by atoms with Gasteiger partial charge in [-0.3, -0.25) is 4.79 Å². The molecule has 0 spiro atoms. The van der Waals surface area contributed by atoms with Crippen molar-refractivity contribution in [3.05, 3.63) is 28.7 Å². The van der Waals surface area contributed by atoms with Gasteiger partial charge in [-0.15, -0.1) is 28.2 Å². The smallest absolute Gasteiger partial charge is 0.347 e. The van der Waals surface area contributed by atoms with E-state index in [1.165, 1.54) is 20.0 Å². The zero-order valence-corrected chi connectivity index (χ0v) is 17.0. The highest BCUT2D eigenvalue weighted by atomic mass is 32.2. The Morgan fingerprint density at radius 1 is 1.38 bits per heavy atom. The Morgan fingerprint density at radius 3 is 2.62 bits per heavy atom. The lowest BCUT2D eigenvalue weighted by Crippen LogP contribution is -2.12. The van der Waals surface area contributed by atoms with E-state index in [-0.39, 0.29) is 16.5 Å². The Hall–Kier alpha value is -2.73. The Balaban J connectivity index is 0.000000252. The highest BCUT2D eigenvalue weighted by Gasteiger charge is 2.25. The second-order valence-electron chi connectivity index (χ2n) is 6.16. The van der Waals surface area contributed by atoms with E-state index in [0.29, 0.717) is 20.2 Å². The van der Waals surface area contributed by atoms with Crippen LogP contribution in [-0.2, 0) is 0 Å². The summed E-state index contributed by atoms with van der Waals surface area (Å²) >= 11 is 2.58. The number of hydrogen-bond acceptors (Lipinski definition) is 8. The fourth-order valence-electron chi connectivity index (χ4n) is 2.94. The van der Waals surface area contributed by atoms with Gasteiger partial charge in [-0.2, -0.15) is 0 Å². The number of hydrogen-bond donors (Lipinski definition) is 3. The summed E-state index contributed by atoms with van der Waals surface area (Å²) in [5.74, 6) is -1.99. The summed E-state index contributed by atoms with van der Waals surface area (Å²) in [5, 5.41) is 22.2. The van der Waals surface area contributed by atoms with Crippen molar-refractivity contribution in [1.82, 2.24) is 20.6 Å². The van der Waals surface area contributed by atoms with Gasteiger partial charge in [-0.05, 0) is 35.4 Å². The summed E-state index contributed by atoms with van der Waals surface area (Å²) in [7, 11) is 1.41. The number of halogens is 1. The van der Waals surface area contributed by atoms with Crippen LogP contribution >= 0.6 is 23.1 Å². The Morgan fingerprint density at radius 2 is 2.10 bits per heavy atom. The number of thioether (sulfide) groups is 1. The summed E-state index contributed by atoms with van der Waals surface area (Å²) < 4.78 is 19.7. The number of ether oxygens (including phenoxy) is 1. The summed E-state index contributed by atoms with van der Waals surface area (Å²) in [4.78, 5) is 22.5. The molecule has 0 bridgehead atoms. The minimum absolute atomic E-state index is 0.0231. The topological polar surface area (TPSA) is 144 Å². The van der Waals surface area contributed by atoms with Crippen molar-refractivity contribution in [3.63, 3.8) is 0 Å². The molecule has 1 amide bonds. The first-order chi connectivity index (χ1) is 13.9.